The van der Waals surface area contributed by atoms with Crippen molar-refractivity contribution in [2.75, 3.05) is 50.0 Å². The smallest absolute Gasteiger partial charge is 0.260 e. The normalized spacial score (nSPS) is 14.9. The van der Waals surface area contributed by atoms with E-state index in [9.17, 15) is 9.18 Å². The third-order valence-electron chi connectivity index (χ3n) is 4.99. The van der Waals surface area contributed by atoms with E-state index < -0.39 is 0 Å². The molecule has 5 nitrogen and oxygen atoms in total. The van der Waals surface area contributed by atoms with Crippen molar-refractivity contribution >= 4 is 44.4 Å². The van der Waals surface area contributed by atoms with E-state index in [1.807, 2.05) is 30.3 Å². The molecule has 1 aliphatic heterocycles. The maximum atomic E-state index is 14.2. The van der Waals surface area contributed by atoms with Crippen LogP contribution < -0.4 is 4.90 Å². The molecule has 1 amide bonds. The zero-order chi connectivity index (χ0) is 20.9. The Morgan fingerprint density at radius 1 is 1.23 bits per heavy atom. The molecule has 0 bridgehead atoms. The number of hydrogen-bond donors (Lipinski definition) is 0. The van der Waals surface area contributed by atoms with Crippen molar-refractivity contribution in [3.8, 4) is 0 Å². The van der Waals surface area contributed by atoms with Gasteiger partial charge in [0.25, 0.3) is 5.91 Å². The number of amides is 1. The van der Waals surface area contributed by atoms with Crippen LogP contribution in [0.5, 0.6) is 0 Å². The van der Waals surface area contributed by atoms with Crippen LogP contribution in [0, 0.1) is 5.82 Å². The minimum Gasteiger partial charge on any atom is -0.379 e. The van der Waals surface area contributed by atoms with Crippen LogP contribution in [0.15, 0.2) is 47.4 Å². The Hall–Kier alpha value is -2.00. The van der Waals surface area contributed by atoms with Crippen LogP contribution in [-0.4, -0.2) is 60.9 Å². The fourth-order valence-electron chi connectivity index (χ4n) is 3.39. The molecule has 1 fully saturated rings. The Morgan fingerprint density at radius 2 is 2.00 bits per heavy atom. The quantitative estimate of drug-likeness (QED) is 0.500. The SMILES string of the molecule is CCSc1ccc(C(=O)N(CCN2CCOCC2)c2nc3c(F)cccc3s2)cc1. The second kappa shape index (κ2) is 9.87. The van der Waals surface area contributed by atoms with Gasteiger partial charge in [-0.25, -0.2) is 9.37 Å². The van der Waals surface area contributed by atoms with Gasteiger partial charge in [0.15, 0.2) is 5.13 Å². The summed E-state index contributed by atoms with van der Waals surface area (Å²) in [4.78, 5) is 23.0. The molecular weight excluding hydrogens is 421 g/mol. The number of aromatic nitrogens is 1. The van der Waals surface area contributed by atoms with E-state index >= 15 is 0 Å². The van der Waals surface area contributed by atoms with Crippen molar-refractivity contribution < 1.29 is 13.9 Å². The van der Waals surface area contributed by atoms with E-state index in [0.717, 1.165) is 35.0 Å². The molecule has 0 radical (unpaired) electrons. The highest BCUT2D eigenvalue weighted by atomic mass is 32.2. The summed E-state index contributed by atoms with van der Waals surface area (Å²) in [5, 5.41) is 0.528. The number of rotatable bonds is 7. The molecule has 0 spiro atoms. The van der Waals surface area contributed by atoms with Gasteiger partial charge in [0.1, 0.15) is 11.3 Å². The number of nitrogens with zero attached hydrogens (tertiary/aromatic N) is 3. The monoisotopic (exact) mass is 445 g/mol. The lowest BCUT2D eigenvalue weighted by atomic mass is 10.2. The molecule has 1 aromatic heterocycles. The minimum atomic E-state index is -0.364. The van der Waals surface area contributed by atoms with E-state index in [-0.39, 0.29) is 11.7 Å². The molecule has 4 rings (SSSR count). The van der Waals surface area contributed by atoms with Gasteiger partial charge in [0.2, 0.25) is 0 Å². The molecule has 158 valence electrons. The van der Waals surface area contributed by atoms with Gasteiger partial charge in [-0.15, -0.1) is 11.8 Å². The van der Waals surface area contributed by atoms with Crippen LogP contribution in [0.1, 0.15) is 17.3 Å². The minimum absolute atomic E-state index is 0.115. The van der Waals surface area contributed by atoms with Crippen LogP contribution in [0.2, 0.25) is 0 Å². The van der Waals surface area contributed by atoms with Crippen LogP contribution in [-0.2, 0) is 4.74 Å². The highest BCUT2D eigenvalue weighted by Gasteiger charge is 2.23. The van der Waals surface area contributed by atoms with E-state index in [2.05, 4.69) is 16.8 Å². The van der Waals surface area contributed by atoms with Crippen molar-refractivity contribution in [1.29, 1.82) is 0 Å². The first kappa shape index (κ1) is 21.2. The number of para-hydroxylation sites is 1. The third kappa shape index (κ3) is 4.83. The van der Waals surface area contributed by atoms with Gasteiger partial charge in [-0.05, 0) is 42.2 Å². The third-order valence-corrected chi connectivity index (χ3v) is 6.93. The number of thiazole rings is 1. The summed E-state index contributed by atoms with van der Waals surface area (Å²) in [6, 6.07) is 12.6. The summed E-state index contributed by atoms with van der Waals surface area (Å²) >= 11 is 3.09. The molecule has 1 aliphatic rings. The van der Waals surface area contributed by atoms with Crippen molar-refractivity contribution in [3.05, 3.63) is 53.8 Å². The van der Waals surface area contributed by atoms with Gasteiger partial charge < -0.3 is 4.74 Å². The number of fused-ring (bicyclic) bond motifs is 1. The number of ether oxygens (including phenoxy) is 1. The van der Waals surface area contributed by atoms with Crippen molar-refractivity contribution in [1.82, 2.24) is 9.88 Å². The van der Waals surface area contributed by atoms with Crippen LogP contribution in [0.4, 0.5) is 9.52 Å². The Bertz CT molecular complexity index is 1000. The average Bonchev–Trinajstić information content (AvgIpc) is 3.21. The molecule has 8 heteroatoms. The molecular formula is C22H24FN3O2S2. The van der Waals surface area contributed by atoms with Gasteiger partial charge in [0.05, 0.1) is 17.9 Å². The summed E-state index contributed by atoms with van der Waals surface area (Å²) in [5.41, 5.74) is 0.925. The predicted molar refractivity (Wildman–Crippen MR) is 121 cm³/mol. The van der Waals surface area contributed by atoms with Gasteiger partial charge >= 0.3 is 0 Å². The predicted octanol–water partition coefficient (Wildman–Crippen LogP) is 4.53. The topological polar surface area (TPSA) is 45.7 Å². The van der Waals surface area contributed by atoms with Crippen molar-refractivity contribution in [3.63, 3.8) is 0 Å². The molecule has 2 heterocycles. The first-order valence-corrected chi connectivity index (χ1v) is 11.9. The van der Waals surface area contributed by atoms with Crippen LogP contribution in [0.25, 0.3) is 10.2 Å². The second-order valence-electron chi connectivity index (χ2n) is 6.95. The maximum absolute atomic E-state index is 14.2. The lowest BCUT2D eigenvalue weighted by Crippen LogP contribution is -2.43. The Labute approximate surface area is 183 Å². The largest absolute Gasteiger partial charge is 0.379 e. The van der Waals surface area contributed by atoms with E-state index in [1.54, 1.807) is 22.7 Å². The Kier molecular flexibility index (Phi) is 6.99. The molecule has 0 N–H and O–H groups in total. The van der Waals surface area contributed by atoms with Crippen molar-refractivity contribution in [2.24, 2.45) is 0 Å². The lowest BCUT2D eigenvalue weighted by molar-refractivity contribution is 0.0391. The zero-order valence-electron chi connectivity index (χ0n) is 16.8. The van der Waals surface area contributed by atoms with Crippen LogP contribution in [0.3, 0.4) is 0 Å². The number of morpholine rings is 1. The number of carbonyl (C=O) groups is 1. The first-order chi connectivity index (χ1) is 14.7. The van der Waals surface area contributed by atoms with E-state index in [0.29, 0.717) is 36.0 Å². The van der Waals surface area contributed by atoms with Crippen molar-refractivity contribution in [2.45, 2.75) is 11.8 Å². The van der Waals surface area contributed by atoms with Gasteiger partial charge in [-0.2, -0.15) is 0 Å². The Morgan fingerprint density at radius 3 is 2.70 bits per heavy atom. The second-order valence-corrected chi connectivity index (χ2v) is 9.30. The summed E-state index contributed by atoms with van der Waals surface area (Å²) in [7, 11) is 0. The number of hydrogen-bond acceptors (Lipinski definition) is 6. The molecule has 0 aliphatic carbocycles. The van der Waals surface area contributed by atoms with Gasteiger partial charge in [0, 0.05) is 36.6 Å². The number of thioether (sulfide) groups is 1. The molecule has 2 aromatic carbocycles. The highest BCUT2D eigenvalue weighted by molar-refractivity contribution is 7.99. The fourth-order valence-corrected chi connectivity index (χ4v) is 5.05. The van der Waals surface area contributed by atoms with E-state index in [4.69, 9.17) is 4.74 Å². The lowest BCUT2D eigenvalue weighted by Gasteiger charge is -2.29. The summed E-state index contributed by atoms with van der Waals surface area (Å²) in [6.45, 7) is 6.42. The Balaban J connectivity index is 1.61. The summed E-state index contributed by atoms with van der Waals surface area (Å²) < 4.78 is 20.4. The number of halogens is 1. The van der Waals surface area contributed by atoms with Crippen LogP contribution >= 0.6 is 23.1 Å². The maximum Gasteiger partial charge on any atom is 0.260 e. The highest BCUT2D eigenvalue weighted by Crippen LogP contribution is 2.31. The summed E-state index contributed by atoms with van der Waals surface area (Å²) in [5.74, 6) is 0.503. The number of anilines is 1. The molecule has 3 aromatic rings. The molecule has 1 saturated heterocycles. The molecule has 0 unspecified atom stereocenters. The average molecular weight is 446 g/mol. The summed E-state index contributed by atoms with van der Waals surface area (Å²) in [6.07, 6.45) is 0. The number of benzene rings is 2. The van der Waals surface area contributed by atoms with Gasteiger partial charge in [-0.1, -0.05) is 24.3 Å². The molecule has 30 heavy (non-hydrogen) atoms. The standard InChI is InChI=1S/C22H24FN3O2S2/c1-2-29-17-8-6-16(7-9-17)21(27)26(11-10-25-12-14-28-15-13-25)22-24-20-18(23)4-3-5-19(20)30-22/h3-9H,2,10-15H2,1H3. The molecule has 0 saturated carbocycles. The van der Waals surface area contributed by atoms with E-state index in [1.165, 1.54) is 17.4 Å². The first-order valence-electron chi connectivity index (χ1n) is 10.1. The molecule has 0 atom stereocenters. The fraction of sp³-hybridized carbons (Fsp3) is 0.364. The number of carbonyl (C=O) groups excluding carboxylic acids is 1. The zero-order valence-corrected chi connectivity index (χ0v) is 18.5. The van der Waals surface area contributed by atoms with Gasteiger partial charge in [-0.3, -0.25) is 14.6 Å².